The molecular weight excluding hydrogens is 356 g/mol. The van der Waals surface area contributed by atoms with Crippen molar-refractivity contribution in [3.8, 4) is 22.3 Å². The fourth-order valence-corrected chi connectivity index (χ4v) is 5.08. The zero-order valence-corrected chi connectivity index (χ0v) is 17.4. The number of rotatable bonds is 2. The van der Waals surface area contributed by atoms with Crippen molar-refractivity contribution in [3.63, 3.8) is 0 Å². The fraction of sp³-hybridized carbons (Fsp3) is 0.111. The molecule has 0 radical (unpaired) electrons. The van der Waals surface area contributed by atoms with E-state index >= 15 is 0 Å². The molecule has 0 spiro atoms. The van der Waals surface area contributed by atoms with Gasteiger partial charge in [-0.05, 0) is 29.2 Å². The van der Waals surface area contributed by atoms with Gasteiger partial charge in [0.15, 0.2) is 0 Å². The Hall–Kier alpha value is -2.90. The summed E-state index contributed by atoms with van der Waals surface area (Å²) in [4.78, 5) is 0. The molecule has 1 aromatic heterocycles. The van der Waals surface area contributed by atoms with Crippen LogP contribution in [0.1, 0.15) is 19.4 Å². The Balaban J connectivity index is 0.000000932. The van der Waals surface area contributed by atoms with Crippen LogP contribution in [0.2, 0.25) is 0 Å². The molecule has 0 aliphatic heterocycles. The van der Waals surface area contributed by atoms with Gasteiger partial charge < -0.3 is 0 Å². The molecular formula is C27H24S. The van der Waals surface area contributed by atoms with Crippen molar-refractivity contribution < 1.29 is 0 Å². The molecule has 0 fully saturated rings. The Kier molecular flexibility index (Phi) is 5.27. The first-order chi connectivity index (χ1) is 13.8. The summed E-state index contributed by atoms with van der Waals surface area (Å²) in [6.07, 6.45) is 0. The Bertz CT molecular complexity index is 1230. The summed E-state index contributed by atoms with van der Waals surface area (Å²) in [5.41, 5.74) is 6.52. The van der Waals surface area contributed by atoms with E-state index in [0.29, 0.717) is 0 Å². The van der Waals surface area contributed by atoms with Gasteiger partial charge in [0.1, 0.15) is 0 Å². The normalized spacial score (nSPS) is 10.7. The first-order valence-corrected chi connectivity index (χ1v) is 10.7. The second kappa shape index (κ2) is 8.00. The van der Waals surface area contributed by atoms with Crippen molar-refractivity contribution in [2.75, 3.05) is 0 Å². The average Bonchev–Trinajstić information content (AvgIpc) is 3.15. The number of aryl methyl sites for hydroxylation is 1. The molecule has 0 bridgehead atoms. The van der Waals surface area contributed by atoms with Gasteiger partial charge in [-0.2, -0.15) is 0 Å². The van der Waals surface area contributed by atoms with Crippen LogP contribution in [-0.2, 0) is 0 Å². The lowest BCUT2D eigenvalue weighted by Crippen LogP contribution is -1.79. The standard InChI is InChI=1S/C25H18S.C2H6/c1-17-8-5-11-19(16-17)21-13-7-15-23-22-14-6-12-20(24(22)26-25(21)23)18-9-3-2-4-10-18;1-2/h2-16H,1H3;1-2H3. The second-order valence-electron chi connectivity index (χ2n) is 6.70. The lowest BCUT2D eigenvalue weighted by atomic mass is 9.99. The first kappa shape index (κ1) is 18.5. The lowest BCUT2D eigenvalue weighted by Gasteiger charge is -2.04. The largest absolute Gasteiger partial charge is 0.134 e. The summed E-state index contributed by atoms with van der Waals surface area (Å²) >= 11 is 1.91. The van der Waals surface area contributed by atoms with E-state index in [1.165, 1.54) is 48.0 Å². The number of fused-ring (bicyclic) bond motifs is 3. The Labute approximate surface area is 171 Å². The van der Waals surface area contributed by atoms with Gasteiger partial charge in [-0.15, -0.1) is 11.3 Å². The predicted molar refractivity (Wildman–Crippen MR) is 126 cm³/mol. The van der Waals surface area contributed by atoms with Crippen LogP contribution in [0.4, 0.5) is 0 Å². The third-order valence-electron chi connectivity index (χ3n) is 4.94. The summed E-state index contributed by atoms with van der Waals surface area (Å²) in [6, 6.07) is 32.8. The summed E-state index contributed by atoms with van der Waals surface area (Å²) < 4.78 is 2.74. The number of thiophene rings is 1. The Morgan fingerprint density at radius 3 is 1.68 bits per heavy atom. The highest BCUT2D eigenvalue weighted by atomic mass is 32.1. The minimum Gasteiger partial charge on any atom is -0.134 e. The molecule has 1 heterocycles. The van der Waals surface area contributed by atoms with Crippen LogP contribution in [0.3, 0.4) is 0 Å². The van der Waals surface area contributed by atoms with E-state index in [1.807, 2.05) is 25.2 Å². The van der Waals surface area contributed by atoms with Gasteiger partial charge in [0.05, 0.1) is 0 Å². The van der Waals surface area contributed by atoms with Gasteiger partial charge >= 0.3 is 0 Å². The minimum absolute atomic E-state index is 1.28. The average molecular weight is 381 g/mol. The van der Waals surface area contributed by atoms with E-state index in [1.54, 1.807) is 0 Å². The fourth-order valence-electron chi connectivity index (χ4n) is 3.71. The Morgan fingerprint density at radius 2 is 1.07 bits per heavy atom. The molecule has 28 heavy (non-hydrogen) atoms. The molecule has 0 saturated carbocycles. The summed E-state index contributed by atoms with van der Waals surface area (Å²) in [7, 11) is 0. The number of benzene rings is 4. The van der Waals surface area contributed by atoms with Gasteiger partial charge in [0.25, 0.3) is 0 Å². The highest BCUT2D eigenvalue weighted by Gasteiger charge is 2.13. The van der Waals surface area contributed by atoms with Crippen LogP contribution in [0.5, 0.6) is 0 Å². The zero-order chi connectivity index (χ0) is 19.5. The van der Waals surface area contributed by atoms with Crippen LogP contribution in [-0.4, -0.2) is 0 Å². The van der Waals surface area contributed by atoms with Gasteiger partial charge in [0, 0.05) is 20.2 Å². The third-order valence-corrected chi connectivity index (χ3v) is 6.23. The highest BCUT2D eigenvalue weighted by molar-refractivity contribution is 7.26. The Morgan fingerprint density at radius 1 is 0.536 bits per heavy atom. The molecule has 4 aromatic carbocycles. The van der Waals surface area contributed by atoms with Crippen molar-refractivity contribution >= 4 is 31.5 Å². The van der Waals surface area contributed by atoms with Crippen LogP contribution in [0.25, 0.3) is 42.4 Å². The molecule has 0 N–H and O–H groups in total. The summed E-state index contributed by atoms with van der Waals surface area (Å²) in [5.74, 6) is 0. The zero-order valence-electron chi connectivity index (χ0n) is 16.6. The second-order valence-corrected chi connectivity index (χ2v) is 7.72. The van der Waals surface area contributed by atoms with Gasteiger partial charge in [-0.1, -0.05) is 110 Å². The quantitative estimate of drug-likeness (QED) is 0.287. The van der Waals surface area contributed by atoms with E-state index in [4.69, 9.17) is 0 Å². The maximum absolute atomic E-state index is 2.28. The van der Waals surface area contributed by atoms with Crippen molar-refractivity contribution in [1.29, 1.82) is 0 Å². The lowest BCUT2D eigenvalue weighted by molar-refractivity contribution is 1.47. The smallest absolute Gasteiger partial charge is 0.0434 e. The summed E-state index contributed by atoms with van der Waals surface area (Å²) in [6.45, 7) is 6.15. The first-order valence-electron chi connectivity index (χ1n) is 9.88. The molecule has 0 atom stereocenters. The molecule has 0 nitrogen and oxygen atoms in total. The van der Waals surface area contributed by atoms with Gasteiger partial charge in [-0.3, -0.25) is 0 Å². The van der Waals surface area contributed by atoms with Gasteiger partial charge in [0.2, 0.25) is 0 Å². The van der Waals surface area contributed by atoms with Crippen molar-refractivity contribution in [3.05, 3.63) is 96.6 Å². The van der Waals surface area contributed by atoms with Crippen LogP contribution in [0, 0.1) is 6.92 Å². The maximum atomic E-state index is 2.28. The molecule has 0 unspecified atom stereocenters. The molecule has 0 aliphatic carbocycles. The molecule has 1 heteroatoms. The van der Waals surface area contributed by atoms with Crippen molar-refractivity contribution in [1.82, 2.24) is 0 Å². The third kappa shape index (κ3) is 3.23. The monoisotopic (exact) mass is 380 g/mol. The predicted octanol–water partition coefficient (Wildman–Crippen LogP) is 8.72. The topological polar surface area (TPSA) is 0 Å². The van der Waals surface area contributed by atoms with Crippen molar-refractivity contribution in [2.45, 2.75) is 20.8 Å². The molecule has 138 valence electrons. The highest BCUT2D eigenvalue weighted by Crippen LogP contribution is 2.43. The van der Waals surface area contributed by atoms with E-state index in [-0.39, 0.29) is 0 Å². The molecule has 5 rings (SSSR count). The van der Waals surface area contributed by atoms with E-state index in [0.717, 1.165) is 0 Å². The van der Waals surface area contributed by atoms with Crippen LogP contribution >= 0.6 is 11.3 Å². The minimum atomic E-state index is 1.28. The number of hydrogen-bond donors (Lipinski definition) is 0. The molecule has 0 saturated heterocycles. The van der Waals surface area contributed by atoms with Gasteiger partial charge in [-0.25, -0.2) is 0 Å². The number of hydrogen-bond acceptors (Lipinski definition) is 1. The van der Waals surface area contributed by atoms with E-state index in [2.05, 4.69) is 97.9 Å². The van der Waals surface area contributed by atoms with E-state index < -0.39 is 0 Å². The van der Waals surface area contributed by atoms with Crippen molar-refractivity contribution in [2.24, 2.45) is 0 Å². The maximum Gasteiger partial charge on any atom is 0.0434 e. The SMILES string of the molecule is CC.Cc1cccc(-c2cccc3c2sc2c(-c4ccccc4)cccc23)c1. The van der Waals surface area contributed by atoms with Crippen LogP contribution < -0.4 is 0 Å². The molecule has 0 aliphatic rings. The molecule has 0 amide bonds. The van der Waals surface area contributed by atoms with E-state index in [9.17, 15) is 0 Å². The molecule has 5 aromatic rings. The van der Waals surface area contributed by atoms with Crippen LogP contribution in [0.15, 0.2) is 91.0 Å². The summed E-state index contributed by atoms with van der Waals surface area (Å²) in [5, 5.41) is 2.70.